The highest BCUT2D eigenvalue weighted by molar-refractivity contribution is 5.77. The van der Waals surface area contributed by atoms with Crippen LogP contribution in [-0.2, 0) is 17.8 Å². The third-order valence-electron chi connectivity index (χ3n) is 6.61. The molecule has 0 aliphatic carbocycles. The van der Waals surface area contributed by atoms with Gasteiger partial charge in [-0.25, -0.2) is 4.98 Å². The Balaban J connectivity index is 1.24. The van der Waals surface area contributed by atoms with Crippen molar-refractivity contribution in [3.05, 3.63) is 73.8 Å². The molecule has 1 aromatic carbocycles. The molecule has 2 aromatic heterocycles. The van der Waals surface area contributed by atoms with Gasteiger partial charge in [-0.15, -0.1) is 0 Å². The summed E-state index contributed by atoms with van der Waals surface area (Å²) in [6.07, 6.45) is 2.30. The number of amides is 1. The van der Waals surface area contributed by atoms with Crippen LogP contribution < -0.4 is 16.3 Å². The van der Waals surface area contributed by atoms with E-state index in [1.165, 1.54) is 6.07 Å². The molecule has 172 valence electrons. The number of likely N-dealkylation sites (tertiary alicyclic amines) is 1. The molecule has 4 heterocycles. The number of hydrogen-bond acceptors (Lipinski definition) is 7. The number of carbonyl (C=O) groups is 1. The molecule has 0 spiro atoms. The Labute approximate surface area is 188 Å². The van der Waals surface area contributed by atoms with Crippen LogP contribution in [0.3, 0.4) is 0 Å². The minimum atomic E-state index is -0.503. The zero-order chi connectivity index (χ0) is 23.1. The highest BCUT2D eigenvalue weighted by atomic mass is 16.8. The summed E-state index contributed by atoms with van der Waals surface area (Å²) in [5, 5.41) is 20.5. The summed E-state index contributed by atoms with van der Waals surface area (Å²) in [4.78, 5) is 46.8. The average molecular weight is 450 g/mol. The highest BCUT2D eigenvalue weighted by Gasteiger charge is 2.36. The summed E-state index contributed by atoms with van der Waals surface area (Å²) in [6.45, 7) is 1.48. The Hall–Kier alpha value is -3.50. The van der Waals surface area contributed by atoms with Gasteiger partial charge in [0, 0.05) is 44.1 Å². The van der Waals surface area contributed by atoms with E-state index in [9.17, 15) is 19.6 Å². The number of para-hydroxylation sites is 1. The van der Waals surface area contributed by atoms with Gasteiger partial charge in [-0.1, -0.05) is 12.1 Å². The SMILES string of the molecule is O=C(CCCc1nc2ccccc2c(=O)[nH]1)N1CC2CC(C1)c1ccc(N([O-])O)c(=O)n1C2. The molecule has 2 N–H and O–H groups in total. The van der Waals surface area contributed by atoms with Crippen molar-refractivity contribution in [3.8, 4) is 0 Å². The van der Waals surface area contributed by atoms with E-state index in [4.69, 9.17) is 5.21 Å². The molecule has 1 saturated heterocycles. The zero-order valence-electron chi connectivity index (χ0n) is 17.9. The van der Waals surface area contributed by atoms with E-state index in [-0.39, 0.29) is 29.0 Å². The molecule has 0 radical (unpaired) electrons. The number of hydrogen-bond donors (Lipinski definition) is 2. The van der Waals surface area contributed by atoms with Crippen molar-refractivity contribution in [2.24, 2.45) is 5.92 Å². The van der Waals surface area contributed by atoms with Crippen LogP contribution in [0.25, 0.3) is 10.9 Å². The number of anilines is 1. The molecule has 2 unspecified atom stereocenters. The molecule has 1 amide bonds. The van der Waals surface area contributed by atoms with Crippen LogP contribution in [0.2, 0.25) is 0 Å². The molecule has 10 heteroatoms. The number of aryl methyl sites for hydroxylation is 1. The summed E-state index contributed by atoms with van der Waals surface area (Å²) in [7, 11) is 0. The molecule has 10 nitrogen and oxygen atoms in total. The molecule has 2 bridgehead atoms. The summed E-state index contributed by atoms with van der Waals surface area (Å²) in [6, 6.07) is 10.2. The van der Waals surface area contributed by atoms with Gasteiger partial charge in [0.2, 0.25) is 5.91 Å². The van der Waals surface area contributed by atoms with E-state index in [1.807, 2.05) is 11.0 Å². The fraction of sp³-hybridized carbons (Fsp3) is 0.391. The predicted octanol–water partition coefficient (Wildman–Crippen LogP) is 1.75. The second-order valence-electron chi connectivity index (χ2n) is 8.81. The minimum Gasteiger partial charge on any atom is -0.733 e. The first-order chi connectivity index (χ1) is 15.9. The van der Waals surface area contributed by atoms with Crippen molar-refractivity contribution >= 4 is 22.5 Å². The second-order valence-corrected chi connectivity index (χ2v) is 8.81. The summed E-state index contributed by atoms with van der Waals surface area (Å²) in [5.41, 5.74) is 0.453. The lowest BCUT2D eigenvalue weighted by atomic mass is 9.83. The van der Waals surface area contributed by atoms with Gasteiger partial charge in [-0.3, -0.25) is 19.6 Å². The number of nitrogens with one attached hydrogen (secondary N) is 1. The number of rotatable bonds is 5. The van der Waals surface area contributed by atoms with Gasteiger partial charge < -0.3 is 24.9 Å². The van der Waals surface area contributed by atoms with Gasteiger partial charge in [-0.05, 0) is 43.0 Å². The molecule has 0 saturated carbocycles. The fourth-order valence-corrected chi connectivity index (χ4v) is 5.10. The van der Waals surface area contributed by atoms with Crippen molar-refractivity contribution in [1.29, 1.82) is 0 Å². The van der Waals surface area contributed by atoms with Gasteiger partial charge in [0.25, 0.3) is 11.1 Å². The van der Waals surface area contributed by atoms with Crippen molar-refractivity contribution in [3.63, 3.8) is 0 Å². The normalized spacial score (nSPS) is 19.4. The largest absolute Gasteiger partial charge is 0.733 e. The predicted molar refractivity (Wildman–Crippen MR) is 121 cm³/mol. The number of pyridine rings is 1. The molecule has 2 atom stereocenters. The molecule has 2 aliphatic rings. The fourth-order valence-electron chi connectivity index (χ4n) is 5.10. The van der Waals surface area contributed by atoms with E-state index in [2.05, 4.69) is 9.97 Å². The number of benzene rings is 1. The van der Waals surface area contributed by atoms with E-state index >= 15 is 0 Å². The van der Waals surface area contributed by atoms with Gasteiger partial charge in [0.05, 0.1) is 10.9 Å². The molecule has 1 fully saturated rings. The maximum atomic E-state index is 12.9. The molecule has 33 heavy (non-hydrogen) atoms. The molecule has 3 aromatic rings. The average Bonchev–Trinajstić information content (AvgIpc) is 2.79. The lowest BCUT2D eigenvalue weighted by Crippen LogP contribution is -2.49. The van der Waals surface area contributed by atoms with E-state index in [1.54, 1.807) is 28.8 Å². The van der Waals surface area contributed by atoms with Crippen LogP contribution >= 0.6 is 0 Å². The number of fused-ring (bicyclic) bond motifs is 5. The first kappa shape index (κ1) is 21.4. The van der Waals surface area contributed by atoms with E-state index < -0.39 is 10.8 Å². The van der Waals surface area contributed by atoms with Crippen molar-refractivity contribution in [1.82, 2.24) is 19.4 Å². The van der Waals surface area contributed by atoms with Crippen LogP contribution in [0.5, 0.6) is 0 Å². The number of aromatic amines is 1. The Kier molecular flexibility index (Phi) is 5.47. The lowest BCUT2D eigenvalue weighted by Gasteiger charge is -2.43. The first-order valence-corrected chi connectivity index (χ1v) is 11.1. The Morgan fingerprint density at radius 2 is 2.00 bits per heavy atom. The van der Waals surface area contributed by atoms with Crippen molar-refractivity contribution < 1.29 is 10.0 Å². The topological polar surface area (TPSA) is 135 Å². The number of nitrogens with zero attached hydrogens (tertiary/aromatic N) is 4. The lowest BCUT2D eigenvalue weighted by molar-refractivity contribution is -0.134. The third-order valence-corrected chi connectivity index (χ3v) is 6.61. The molecular weight excluding hydrogens is 426 g/mol. The Morgan fingerprint density at radius 1 is 1.18 bits per heavy atom. The maximum absolute atomic E-state index is 12.9. The summed E-state index contributed by atoms with van der Waals surface area (Å²) < 4.78 is 1.55. The number of H-pyrrole nitrogens is 1. The van der Waals surface area contributed by atoms with Gasteiger partial charge in [0.1, 0.15) is 11.5 Å². The van der Waals surface area contributed by atoms with Crippen LogP contribution in [0.15, 0.2) is 46.0 Å². The number of carbonyl (C=O) groups excluding carboxylic acids is 1. The standard InChI is InChI=1S/C23H24N5O5/c29-21(7-3-6-20-24-17-5-2-1-4-16(17)22(30)25-20)26-11-14-10-15(13-26)18-8-9-19(28(32)33)23(31)27(18)12-14/h1-2,4-5,8-9,14-15,32H,3,6-7,10-13H2,(H,24,25,30)/q-1. The van der Waals surface area contributed by atoms with Crippen LogP contribution in [0.1, 0.15) is 36.7 Å². The van der Waals surface area contributed by atoms with Crippen LogP contribution in [0.4, 0.5) is 5.69 Å². The third kappa shape index (κ3) is 4.03. The van der Waals surface area contributed by atoms with Crippen LogP contribution in [-0.4, -0.2) is 43.6 Å². The van der Waals surface area contributed by atoms with Crippen molar-refractivity contribution in [2.45, 2.75) is 38.1 Å². The minimum absolute atomic E-state index is 0.0144. The van der Waals surface area contributed by atoms with Crippen molar-refractivity contribution in [2.75, 3.05) is 18.3 Å². The molecular formula is C23H24N5O5-. The number of aromatic nitrogens is 3. The first-order valence-electron chi connectivity index (χ1n) is 11.1. The summed E-state index contributed by atoms with van der Waals surface area (Å²) in [5.74, 6) is 0.745. The van der Waals surface area contributed by atoms with Gasteiger partial charge >= 0.3 is 0 Å². The zero-order valence-corrected chi connectivity index (χ0v) is 17.9. The monoisotopic (exact) mass is 450 g/mol. The summed E-state index contributed by atoms with van der Waals surface area (Å²) >= 11 is 0. The highest BCUT2D eigenvalue weighted by Crippen LogP contribution is 2.35. The number of piperidine rings is 1. The van der Waals surface area contributed by atoms with E-state index in [0.717, 1.165) is 12.1 Å². The molecule has 5 rings (SSSR count). The van der Waals surface area contributed by atoms with Gasteiger partial charge in [-0.2, -0.15) is 0 Å². The maximum Gasteiger partial charge on any atom is 0.275 e. The Bertz CT molecular complexity index is 1330. The van der Waals surface area contributed by atoms with Gasteiger partial charge in [0.15, 0.2) is 0 Å². The molecule has 2 aliphatic heterocycles. The smallest absolute Gasteiger partial charge is 0.275 e. The van der Waals surface area contributed by atoms with Crippen LogP contribution in [0, 0.1) is 11.1 Å². The Morgan fingerprint density at radius 3 is 2.82 bits per heavy atom. The quantitative estimate of drug-likeness (QED) is 0.566. The van der Waals surface area contributed by atoms with E-state index in [0.29, 0.717) is 55.6 Å². The second kappa shape index (κ2) is 8.45.